The zero-order valence-corrected chi connectivity index (χ0v) is 21.3. The summed E-state index contributed by atoms with van der Waals surface area (Å²) in [7, 11) is 0. The minimum absolute atomic E-state index is 0.00176. The molecule has 2 N–H and O–H groups in total. The number of carbonyl (C=O) groups is 2. The molecule has 1 saturated heterocycles. The van der Waals surface area contributed by atoms with Crippen LogP contribution in [0.1, 0.15) is 40.1 Å². The van der Waals surface area contributed by atoms with Gasteiger partial charge in [-0.1, -0.05) is 34.8 Å². The fourth-order valence-electron chi connectivity index (χ4n) is 3.60. The number of halogens is 3. The summed E-state index contributed by atoms with van der Waals surface area (Å²) in [5, 5.41) is 10.8. The number of benzene rings is 1. The molecule has 2 fully saturated rings. The highest BCUT2D eigenvalue weighted by atomic mass is 35.5. The van der Waals surface area contributed by atoms with Gasteiger partial charge in [0.15, 0.2) is 5.82 Å². The first-order valence-corrected chi connectivity index (χ1v) is 13.2. The quantitative estimate of drug-likeness (QED) is 0.415. The zero-order chi connectivity index (χ0) is 24.5. The molecule has 3 heterocycles. The van der Waals surface area contributed by atoms with Crippen molar-refractivity contribution in [3.63, 3.8) is 0 Å². The number of thioether (sulfide) groups is 1. The van der Waals surface area contributed by atoms with Gasteiger partial charge in [0.2, 0.25) is 5.88 Å². The molecule has 2 aromatic heterocycles. The third-order valence-electron chi connectivity index (χ3n) is 5.49. The number of hydrogen-bond acceptors (Lipinski definition) is 6. The van der Waals surface area contributed by atoms with Crippen LogP contribution >= 0.6 is 46.6 Å². The molecule has 12 heteroatoms. The van der Waals surface area contributed by atoms with E-state index in [1.807, 2.05) is 0 Å². The van der Waals surface area contributed by atoms with Crippen molar-refractivity contribution in [1.82, 2.24) is 20.1 Å². The molecule has 3 aromatic rings. The van der Waals surface area contributed by atoms with Gasteiger partial charge < -0.3 is 15.4 Å². The number of hydrogen-bond donors (Lipinski definition) is 2. The number of carbonyl (C=O) groups excluding carboxylic acids is 2. The van der Waals surface area contributed by atoms with Gasteiger partial charge in [-0.15, -0.1) is 5.10 Å². The van der Waals surface area contributed by atoms with Gasteiger partial charge >= 0.3 is 0 Å². The van der Waals surface area contributed by atoms with Gasteiger partial charge in [0.25, 0.3) is 11.8 Å². The Labute approximate surface area is 220 Å². The Balaban J connectivity index is 1.50. The van der Waals surface area contributed by atoms with E-state index in [2.05, 4.69) is 20.7 Å². The highest BCUT2D eigenvalue weighted by Gasteiger charge is 2.28. The van der Waals surface area contributed by atoms with Crippen molar-refractivity contribution >= 4 is 64.1 Å². The Morgan fingerprint density at radius 2 is 1.91 bits per heavy atom. The second-order valence-electron chi connectivity index (χ2n) is 8.20. The Bertz CT molecular complexity index is 1290. The van der Waals surface area contributed by atoms with Gasteiger partial charge in [-0.2, -0.15) is 11.8 Å². The van der Waals surface area contributed by atoms with E-state index in [0.29, 0.717) is 5.02 Å². The second kappa shape index (κ2) is 10.3. The molecule has 2 aliphatic rings. The SMILES string of the molecule is O=C(NC1CC1)c1cc(Cl)cc(Cl)c1NC(=O)c1cc(OC2CCSC2)nn1-c1ncccc1Cl. The highest BCUT2D eigenvalue weighted by Crippen LogP contribution is 2.33. The largest absolute Gasteiger partial charge is 0.472 e. The van der Waals surface area contributed by atoms with Gasteiger partial charge in [-0.25, -0.2) is 9.67 Å². The Morgan fingerprint density at radius 3 is 2.63 bits per heavy atom. The van der Waals surface area contributed by atoms with Crippen molar-refractivity contribution < 1.29 is 14.3 Å². The molecule has 0 bridgehead atoms. The zero-order valence-electron chi connectivity index (χ0n) is 18.3. The van der Waals surface area contributed by atoms with Crippen molar-refractivity contribution in [3.8, 4) is 11.7 Å². The molecule has 1 aliphatic heterocycles. The monoisotopic (exact) mass is 551 g/mol. The molecule has 35 heavy (non-hydrogen) atoms. The molecule has 182 valence electrons. The number of amides is 2. The molecular weight excluding hydrogens is 533 g/mol. The van der Waals surface area contributed by atoms with Gasteiger partial charge in [0, 0.05) is 29.1 Å². The number of rotatable bonds is 7. The number of ether oxygens (including phenoxy) is 1. The number of anilines is 1. The van der Waals surface area contributed by atoms with Crippen LogP contribution in [0.25, 0.3) is 5.82 Å². The first-order chi connectivity index (χ1) is 16.9. The van der Waals surface area contributed by atoms with E-state index in [1.165, 1.54) is 22.9 Å². The summed E-state index contributed by atoms with van der Waals surface area (Å²) in [5.74, 6) is 1.46. The first kappa shape index (κ1) is 24.2. The Morgan fingerprint density at radius 1 is 1.09 bits per heavy atom. The van der Waals surface area contributed by atoms with E-state index < -0.39 is 5.91 Å². The molecule has 0 radical (unpaired) electrons. The molecule has 8 nitrogen and oxygen atoms in total. The van der Waals surface area contributed by atoms with Crippen LogP contribution in [0.4, 0.5) is 5.69 Å². The summed E-state index contributed by atoms with van der Waals surface area (Å²) >= 11 is 20.7. The van der Waals surface area contributed by atoms with Crippen LogP contribution in [0, 0.1) is 0 Å². The molecule has 0 spiro atoms. The normalized spacial score (nSPS) is 17.3. The van der Waals surface area contributed by atoms with Crippen molar-refractivity contribution in [1.29, 1.82) is 0 Å². The van der Waals surface area contributed by atoms with Gasteiger partial charge in [0.05, 0.1) is 21.3 Å². The van der Waals surface area contributed by atoms with E-state index >= 15 is 0 Å². The molecule has 1 saturated carbocycles. The van der Waals surface area contributed by atoms with E-state index in [9.17, 15) is 9.59 Å². The number of aromatic nitrogens is 3. The van der Waals surface area contributed by atoms with Crippen LogP contribution in [-0.4, -0.2) is 50.2 Å². The summed E-state index contributed by atoms with van der Waals surface area (Å²) in [6, 6.07) is 7.91. The molecule has 5 rings (SSSR count). The minimum Gasteiger partial charge on any atom is -0.472 e. The molecular formula is C23H20Cl3N5O3S. The summed E-state index contributed by atoms with van der Waals surface area (Å²) in [6.07, 6.45) is 4.27. The van der Waals surface area contributed by atoms with Crippen LogP contribution in [-0.2, 0) is 0 Å². The van der Waals surface area contributed by atoms with E-state index in [0.717, 1.165) is 30.8 Å². The maximum absolute atomic E-state index is 13.5. The number of nitrogens with one attached hydrogen (secondary N) is 2. The lowest BCUT2D eigenvalue weighted by Crippen LogP contribution is -2.27. The lowest BCUT2D eigenvalue weighted by molar-refractivity contribution is 0.0952. The number of pyridine rings is 1. The van der Waals surface area contributed by atoms with Crippen LogP contribution in [0.3, 0.4) is 0 Å². The smallest absolute Gasteiger partial charge is 0.274 e. The summed E-state index contributed by atoms with van der Waals surface area (Å²) in [6.45, 7) is 0. The van der Waals surface area contributed by atoms with Crippen LogP contribution in [0.15, 0.2) is 36.5 Å². The Kier molecular flexibility index (Phi) is 7.11. The van der Waals surface area contributed by atoms with Gasteiger partial charge in [-0.3, -0.25) is 9.59 Å². The van der Waals surface area contributed by atoms with Gasteiger partial charge in [0.1, 0.15) is 11.8 Å². The molecule has 1 aliphatic carbocycles. The van der Waals surface area contributed by atoms with Crippen molar-refractivity contribution in [2.24, 2.45) is 0 Å². The predicted molar refractivity (Wildman–Crippen MR) is 138 cm³/mol. The van der Waals surface area contributed by atoms with Crippen LogP contribution in [0.2, 0.25) is 15.1 Å². The third kappa shape index (κ3) is 5.53. The molecule has 2 amide bonds. The van der Waals surface area contributed by atoms with E-state index in [1.54, 1.807) is 30.1 Å². The molecule has 1 atom stereocenters. The van der Waals surface area contributed by atoms with E-state index in [-0.39, 0.29) is 56.7 Å². The molecule has 1 unspecified atom stereocenters. The average Bonchev–Trinajstić information content (AvgIpc) is 3.31. The van der Waals surface area contributed by atoms with Crippen LogP contribution < -0.4 is 15.4 Å². The summed E-state index contributed by atoms with van der Waals surface area (Å²) in [4.78, 5) is 30.6. The van der Waals surface area contributed by atoms with E-state index in [4.69, 9.17) is 39.5 Å². The predicted octanol–water partition coefficient (Wildman–Crippen LogP) is 5.26. The van der Waals surface area contributed by atoms with Crippen molar-refractivity contribution in [2.75, 3.05) is 16.8 Å². The maximum atomic E-state index is 13.5. The lowest BCUT2D eigenvalue weighted by atomic mass is 10.1. The fraction of sp³-hybridized carbons (Fsp3) is 0.304. The topological polar surface area (TPSA) is 98.1 Å². The fourth-order valence-corrected chi connectivity index (χ4v) is 5.43. The minimum atomic E-state index is -0.570. The van der Waals surface area contributed by atoms with Crippen molar-refractivity contribution in [2.45, 2.75) is 31.4 Å². The summed E-state index contributed by atoms with van der Waals surface area (Å²) < 4.78 is 7.32. The lowest BCUT2D eigenvalue weighted by Gasteiger charge is -2.14. The van der Waals surface area contributed by atoms with Crippen molar-refractivity contribution in [3.05, 3.63) is 62.9 Å². The average molecular weight is 553 g/mol. The first-order valence-electron chi connectivity index (χ1n) is 11.0. The maximum Gasteiger partial charge on any atom is 0.274 e. The van der Waals surface area contributed by atoms with Gasteiger partial charge in [-0.05, 0) is 49.3 Å². The Hall–Kier alpha value is -2.46. The summed E-state index contributed by atoms with van der Waals surface area (Å²) in [5.41, 5.74) is 0.434. The number of nitrogens with zero attached hydrogens (tertiary/aromatic N) is 3. The highest BCUT2D eigenvalue weighted by molar-refractivity contribution is 7.99. The third-order valence-corrected chi connectivity index (χ3v) is 7.43. The molecule has 1 aromatic carbocycles. The standard InChI is InChI=1S/C23H20Cl3N5O3S/c24-12-8-15(22(32)28-13-3-4-13)20(17(26)9-12)29-23(33)18-10-19(34-14-5-7-35-11-14)30-31(18)21-16(25)2-1-6-27-21/h1-2,6,8-10,13-14H,3-5,7,11H2,(H,28,32)(H,29,33). The second-order valence-corrected chi connectivity index (χ2v) is 10.6. The van der Waals surface area contributed by atoms with Crippen LogP contribution in [0.5, 0.6) is 5.88 Å².